The van der Waals surface area contributed by atoms with Crippen LogP contribution in [0.3, 0.4) is 0 Å². The molecule has 8 N–H and O–H groups in total. The van der Waals surface area contributed by atoms with Crippen molar-refractivity contribution in [2.24, 2.45) is 0 Å². The molecule has 4 rings (SSSR count). The molecule has 0 saturated carbocycles. The molecule has 0 unspecified atom stereocenters. The summed E-state index contributed by atoms with van der Waals surface area (Å²) >= 11 is 0. The van der Waals surface area contributed by atoms with Crippen LogP contribution in [0.25, 0.3) is 0 Å². The Kier molecular flexibility index (Phi) is 6.19. The molecule has 4 saturated heterocycles. The van der Waals surface area contributed by atoms with Crippen LogP contribution in [0, 0.1) is 0 Å². The summed E-state index contributed by atoms with van der Waals surface area (Å²) in [7, 11) is 0. The van der Waals surface area contributed by atoms with Crippen LogP contribution in [0.1, 0.15) is 12.8 Å². The van der Waals surface area contributed by atoms with Gasteiger partial charge < -0.3 is 40.9 Å². The number of hydrogen-bond donors (Lipinski definition) is 8. The second-order valence-corrected chi connectivity index (χ2v) is 7.78. The summed E-state index contributed by atoms with van der Waals surface area (Å²) in [6.45, 7) is 2.01. The summed E-state index contributed by atoms with van der Waals surface area (Å²) in [5.41, 5.74) is 0. The average molecular weight is 378 g/mol. The Bertz CT molecular complexity index is 443. The molecule has 4 fully saturated rings. The normalized spacial score (nSPS) is 52.2. The van der Waals surface area contributed by atoms with Gasteiger partial charge in [0.05, 0.1) is 36.5 Å². The highest BCUT2D eigenvalue weighted by Crippen LogP contribution is 2.29. The van der Waals surface area contributed by atoms with Crippen LogP contribution in [0.2, 0.25) is 0 Å². The van der Waals surface area contributed by atoms with Crippen LogP contribution < -0.4 is 0 Å². The maximum Gasteiger partial charge on any atom is 0.109 e. The van der Waals surface area contributed by atoms with E-state index in [1.807, 2.05) is 9.80 Å². The molecule has 0 aromatic heterocycles. The summed E-state index contributed by atoms with van der Waals surface area (Å²) in [5.74, 6) is 0. The number of hydrogen-bond acceptors (Lipinski definition) is 10. The lowest BCUT2D eigenvalue weighted by atomic mass is 9.93. The van der Waals surface area contributed by atoms with Crippen LogP contribution in [0.15, 0.2) is 0 Å². The van der Waals surface area contributed by atoms with Gasteiger partial charge in [0.2, 0.25) is 0 Å². The van der Waals surface area contributed by atoms with Crippen molar-refractivity contribution in [1.82, 2.24) is 9.80 Å². The van der Waals surface area contributed by atoms with Crippen molar-refractivity contribution >= 4 is 0 Å². The quantitative estimate of drug-likeness (QED) is 0.204. The highest BCUT2D eigenvalue weighted by atomic mass is 16.4. The van der Waals surface area contributed by atoms with Crippen LogP contribution >= 0.6 is 0 Å². The topological polar surface area (TPSA) is 168 Å². The monoisotopic (exact) mass is 378 g/mol. The van der Waals surface area contributed by atoms with Crippen molar-refractivity contribution in [3.8, 4) is 0 Å². The minimum Gasteiger partial charge on any atom is -0.391 e. The summed E-state index contributed by atoms with van der Waals surface area (Å²) in [6.07, 6.45) is -6.13. The average Bonchev–Trinajstić information content (AvgIpc) is 3.14. The number of nitrogens with zero attached hydrogens (tertiary/aromatic N) is 2. The second kappa shape index (κ2) is 7.92. The molecule has 10 atom stereocenters. The number of aliphatic hydroxyl groups excluding tert-OH is 8. The van der Waals surface area contributed by atoms with Gasteiger partial charge in [0.15, 0.2) is 0 Å². The molecule has 0 amide bonds. The predicted molar refractivity (Wildman–Crippen MR) is 88.0 cm³/mol. The summed E-state index contributed by atoms with van der Waals surface area (Å²) < 4.78 is 0. The van der Waals surface area contributed by atoms with E-state index in [1.54, 1.807) is 0 Å². The molecule has 0 aliphatic carbocycles. The van der Waals surface area contributed by atoms with E-state index in [2.05, 4.69) is 0 Å². The van der Waals surface area contributed by atoms with Gasteiger partial charge in [-0.2, -0.15) is 0 Å². The van der Waals surface area contributed by atoms with E-state index in [1.165, 1.54) is 0 Å². The molecule has 4 heterocycles. The SMILES string of the molecule is O[C@H]1[C@H](O)[C@@H](O)CN2CC[C@H](O)[C@H]12.O[C@H]1[C@H](O)[C@@H](O)CN2CC[C@H](O)[C@H]12. The van der Waals surface area contributed by atoms with E-state index >= 15 is 0 Å². The zero-order chi connectivity index (χ0) is 19.2. The lowest BCUT2D eigenvalue weighted by Gasteiger charge is -2.40. The molecule has 0 aromatic carbocycles. The minimum absolute atomic E-state index is 0.333. The van der Waals surface area contributed by atoms with Crippen molar-refractivity contribution in [2.45, 2.75) is 73.8 Å². The molecular formula is C16H30N2O8. The third-order valence-electron chi connectivity index (χ3n) is 6.09. The summed E-state index contributed by atoms with van der Waals surface area (Å²) in [6, 6.07) is -0.809. The first-order valence-corrected chi connectivity index (χ1v) is 9.15. The van der Waals surface area contributed by atoms with Gasteiger partial charge >= 0.3 is 0 Å². The highest BCUT2D eigenvalue weighted by molar-refractivity contribution is 5.02. The van der Waals surface area contributed by atoms with Gasteiger partial charge in [-0.25, -0.2) is 0 Å². The van der Waals surface area contributed by atoms with E-state index in [0.717, 1.165) is 0 Å². The van der Waals surface area contributed by atoms with Crippen molar-refractivity contribution in [3.05, 3.63) is 0 Å². The predicted octanol–water partition coefficient (Wildman–Crippen LogP) is -4.96. The first-order chi connectivity index (χ1) is 12.2. The lowest BCUT2D eigenvalue weighted by molar-refractivity contribution is -0.141. The molecule has 10 nitrogen and oxygen atoms in total. The Morgan fingerprint density at radius 1 is 0.462 bits per heavy atom. The first-order valence-electron chi connectivity index (χ1n) is 9.15. The van der Waals surface area contributed by atoms with Crippen molar-refractivity contribution < 1.29 is 40.9 Å². The Labute approximate surface area is 151 Å². The Hall–Kier alpha value is -0.400. The van der Waals surface area contributed by atoms with Crippen molar-refractivity contribution in [1.29, 1.82) is 0 Å². The van der Waals surface area contributed by atoms with Crippen LogP contribution in [-0.4, -0.2) is 138 Å². The van der Waals surface area contributed by atoms with E-state index in [4.69, 9.17) is 0 Å². The molecule has 4 aliphatic heterocycles. The van der Waals surface area contributed by atoms with Crippen LogP contribution in [-0.2, 0) is 0 Å². The zero-order valence-electron chi connectivity index (χ0n) is 14.5. The Morgan fingerprint density at radius 2 is 0.808 bits per heavy atom. The van der Waals surface area contributed by atoms with Gasteiger partial charge in [0, 0.05) is 26.2 Å². The number of fused-ring (bicyclic) bond motifs is 2. The van der Waals surface area contributed by atoms with E-state index < -0.39 is 60.9 Å². The summed E-state index contributed by atoms with van der Waals surface area (Å²) in [4.78, 5) is 3.65. The van der Waals surface area contributed by atoms with Crippen molar-refractivity contribution in [2.75, 3.05) is 26.2 Å². The number of rotatable bonds is 0. The molecule has 26 heavy (non-hydrogen) atoms. The largest absolute Gasteiger partial charge is 0.391 e. The van der Waals surface area contributed by atoms with Gasteiger partial charge in [-0.1, -0.05) is 0 Å². The third-order valence-corrected chi connectivity index (χ3v) is 6.09. The molecule has 0 bridgehead atoms. The van der Waals surface area contributed by atoms with Gasteiger partial charge in [-0.3, -0.25) is 9.80 Å². The number of aliphatic hydroxyl groups is 8. The van der Waals surface area contributed by atoms with E-state index in [-0.39, 0.29) is 0 Å². The smallest absolute Gasteiger partial charge is 0.109 e. The van der Waals surface area contributed by atoms with Gasteiger partial charge in [-0.05, 0) is 12.8 Å². The molecular weight excluding hydrogens is 348 g/mol. The summed E-state index contributed by atoms with van der Waals surface area (Å²) in [5, 5.41) is 75.6. The van der Waals surface area contributed by atoms with E-state index in [9.17, 15) is 40.9 Å². The standard InChI is InChI=1S/2C8H15NO4/c2*10-4-1-2-9-3-5(11)7(12)8(13)6(4)9/h2*4-8,10-13H,1-3H2/t2*4-,5-,6+,7+,8+/m00/s1. The minimum atomic E-state index is -1.13. The van der Waals surface area contributed by atoms with Gasteiger partial charge in [0.1, 0.15) is 24.4 Å². The molecule has 0 spiro atoms. The fraction of sp³-hybridized carbons (Fsp3) is 1.00. The number of piperidine rings is 2. The first kappa shape index (κ1) is 20.3. The molecule has 0 radical (unpaired) electrons. The maximum absolute atomic E-state index is 9.58. The maximum atomic E-state index is 9.58. The molecule has 152 valence electrons. The fourth-order valence-electron chi connectivity index (χ4n) is 4.59. The molecule has 0 aromatic rings. The van der Waals surface area contributed by atoms with Crippen molar-refractivity contribution in [3.63, 3.8) is 0 Å². The van der Waals surface area contributed by atoms with E-state index in [0.29, 0.717) is 39.0 Å². The second-order valence-electron chi connectivity index (χ2n) is 7.78. The van der Waals surface area contributed by atoms with Gasteiger partial charge in [-0.15, -0.1) is 0 Å². The lowest BCUT2D eigenvalue weighted by Crippen LogP contribution is -2.61. The molecule has 10 heteroatoms. The Morgan fingerprint density at radius 3 is 1.15 bits per heavy atom. The third kappa shape index (κ3) is 3.63. The zero-order valence-corrected chi connectivity index (χ0v) is 14.5. The highest BCUT2D eigenvalue weighted by Gasteiger charge is 2.48. The van der Waals surface area contributed by atoms with Gasteiger partial charge in [0.25, 0.3) is 0 Å². The fourth-order valence-corrected chi connectivity index (χ4v) is 4.59. The molecule has 4 aliphatic rings. The Balaban J connectivity index is 0.000000151. The van der Waals surface area contributed by atoms with Crippen LogP contribution in [0.4, 0.5) is 0 Å². The van der Waals surface area contributed by atoms with Crippen LogP contribution in [0.5, 0.6) is 0 Å².